The van der Waals surface area contributed by atoms with E-state index in [1.165, 1.54) is 16.5 Å². The van der Waals surface area contributed by atoms with Gasteiger partial charge in [-0.3, -0.25) is 0 Å². The lowest BCUT2D eigenvalue weighted by Gasteiger charge is -2.00. The van der Waals surface area contributed by atoms with Crippen LogP contribution in [-0.2, 0) is 6.54 Å². The zero-order chi connectivity index (χ0) is 9.26. The Labute approximate surface area is 82.9 Å². The summed E-state index contributed by atoms with van der Waals surface area (Å²) < 4.78 is 2.21. The molecule has 0 spiro atoms. The molecule has 0 aliphatic carbocycles. The molecule has 0 fully saturated rings. The molecule has 1 heterocycles. The summed E-state index contributed by atoms with van der Waals surface area (Å²) in [7, 11) is 0. The molecule has 0 saturated carbocycles. The minimum absolute atomic E-state index is 0.665. The van der Waals surface area contributed by atoms with Crippen LogP contribution in [0, 0.1) is 6.92 Å². The molecule has 0 saturated heterocycles. The van der Waals surface area contributed by atoms with E-state index < -0.39 is 0 Å². The number of rotatable bonds is 2. The van der Waals surface area contributed by atoms with E-state index in [4.69, 9.17) is 11.6 Å². The number of nitrogens with zero attached hydrogens (tertiary/aromatic N) is 1. The van der Waals surface area contributed by atoms with Crippen molar-refractivity contribution < 1.29 is 0 Å². The highest BCUT2D eigenvalue weighted by Crippen LogP contribution is 2.19. The number of halogens is 1. The third-order valence-electron chi connectivity index (χ3n) is 2.31. The predicted octanol–water partition coefficient (Wildman–Crippen LogP) is 3.19. The van der Waals surface area contributed by atoms with Crippen molar-refractivity contribution in [1.29, 1.82) is 0 Å². The fraction of sp³-hybridized carbons (Fsp3) is 0.273. The third-order valence-corrected chi connectivity index (χ3v) is 2.48. The van der Waals surface area contributed by atoms with Crippen LogP contribution >= 0.6 is 11.6 Å². The Morgan fingerprint density at radius 2 is 2.08 bits per heavy atom. The van der Waals surface area contributed by atoms with Gasteiger partial charge in [-0.05, 0) is 18.6 Å². The first-order valence-electron chi connectivity index (χ1n) is 4.43. The molecule has 0 atom stereocenters. The third kappa shape index (κ3) is 1.44. The van der Waals surface area contributed by atoms with Crippen molar-refractivity contribution in [3.05, 3.63) is 36.0 Å². The van der Waals surface area contributed by atoms with Gasteiger partial charge < -0.3 is 4.57 Å². The highest BCUT2D eigenvalue weighted by molar-refractivity contribution is 6.17. The molecule has 1 aromatic heterocycles. The van der Waals surface area contributed by atoms with Crippen LogP contribution in [0.25, 0.3) is 10.9 Å². The summed E-state index contributed by atoms with van der Waals surface area (Å²) in [4.78, 5) is 0. The molecule has 2 aromatic rings. The van der Waals surface area contributed by atoms with Gasteiger partial charge >= 0.3 is 0 Å². The minimum atomic E-state index is 0.665. The SMILES string of the molecule is Cc1cn(CCCl)c2ccccc12. The first kappa shape index (κ1) is 8.64. The van der Waals surface area contributed by atoms with E-state index in [0.717, 1.165) is 6.54 Å². The van der Waals surface area contributed by atoms with Gasteiger partial charge in [0, 0.05) is 29.5 Å². The van der Waals surface area contributed by atoms with Crippen LogP contribution in [0.1, 0.15) is 5.56 Å². The molecule has 0 aliphatic heterocycles. The Morgan fingerprint density at radius 3 is 2.85 bits per heavy atom. The Balaban J connectivity index is 2.63. The van der Waals surface area contributed by atoms with Crippen LogP contribution in [0.4, 0.5) is 0 Å². The van der Waals surface area contributed by atoms with Crippen LogP contribution in [0.5, 0.6) is 0 Å². The van der Waals surface area contributed by atoms with Gasteiger partial charge in [0.15, 0.2) is 0 Å². The van der Waals surface area contributed by atoms with Crippen LogP contribution in [0.3, 0.4) is 0 Å². The van der Waals surface area contributed by atoms with Crippen LogP contribution in [-0.4, -0.2) is 10.4 Å². The standard InChI is InChI=1S/C11H12ClN/c1-9-8-13(7-6-12)11-5-3-2-4-10(9)11/h2-5,8H,6-7H2,1H3. The average Bonchev–Trinajstić information content (AvgIpc) is 2.46. The van der Waals surface area contributed by atoms with Gasteiger partial charge in [0.1, 0.15) is 0 Å². The molecule has 0 amide bonds. The van der Waals surface area contributed by atoms with Crippen molar-refractivity contribution in [2.24, 2.45) is 0 Å². The molecule has 2 rings (SSSR count). The van der Waals surface area contributed by atoms with Crippen molar-refractivity contribution in [2.45, 2.75) is 13.5 Å². The topological polar surface area (TPSA) is 4.93 Å². The highest BCUT2D eigenvalue weighted by Gasteiger charge is 2.02. The molecule has 0 bridgehead atoms. The maximum Gasteiger partial charge on any atom is 0.0483 e. The lowest BCUT2D eigenvalue weighted by molar-refractivity contribution is 0.801. The summed E-state index contributed by atoms with van der Waals surface area (Å²) in [6.07, 6.45) is 2.16. The quantitative estimate of drug-likeness (QED) is 0.646. The summed E-state index contributed by atoms with van der Waals surface area (Å²) >= 11 is 5.72. The Morgan fingerprint density at radius 1 is 1.31 bits per heavy atom. The molecule has 0 N–H and O–H groups in total. The number of aromatic nitrogens is 1. The smallest absolute Gasteiger partial charge is 0.0483 e. The maximum atomic E-state index is 5.72. The molecule has 13 heavy (non-hydrogen) atoms. The Bertz CT molecular complexity index is 417. The fourth-order valence-corrected chi connectivity index (χ4v) is 1.89. The normalized spacial score (nSPS) is 10.9. The number of hydrogen-bond donors (Lipinski definition) is 0. The summed E-state index contributed by atoms with van der Waals surface area (Å²) in [5.41, 5.74) is 2.60. The second-order valence-corrected chi connectivity index (χ2v) is 3.59. The molecule has 0 radical (unpaired) electrons. The summed E-state index contributed by atoms with van der Waals surface area (Å²) in [6, 6.07) is 8.41. The van der Waals surface area contributed by atoms with Gasteiger partial charge in [-0.1, -0.05) is 18.2 Å². The van der Waals surface area contributed by atoms with Crippen molar-refractivity contribution in [3.8, 4) is 0 Å². The second kappa shape index (κ2) is 3.43. The second-order valence-electron chi connectivity index (χ2n) is 3.21. The number of benzene rings is 1. The molecule has 0 unspecified atom stereocenters. The molecular formula is C11H12ClN. The van der Waals surface area contributed by atoms with Gasteiger partial charge in [0.05, 0.1) is 0 Å². The van der Waals surface area contributed by atoms with E-state index in [2.05, 4.69) is 42.0 Å². The molecular weight excluding hydrogens is 182 g/mol. The number of para-hydroxylation sites is 1. The Kier molecular flexibility index (Phi) is 2.28. The van der Waals surface area contributed by atoms with Gasteiger partial charge in [0.25, 0.3) is 0 Å². The van der Waals surface area contributed by atoms with Crippen molar-refractivity contribution >= 4 is 22.5 Å². The zero-order valence-electron chi connectivity index (χ0n) is 7.63. The zero-order valence-corrected chi connectivity index (χ0v) is 8.38. The van der Waals surface area contributed by atoms with Crippen LogP contribution < -0.4 is 0 Å². The minimum Gasteiger partial charge on any atom is -0.346 e. The lowest BCUT2D eigenvalue weighted by atomic mass is 10.2. The number of aryl methyl sites for hydroxylation is 2. The first-order chi connectivity index (χ1) is 6.33. The van der Waals surface area contributed by atoms with Crippen molar-refractivity contribution in [2.75, 3.05) is 5.88 Å². The fourth-order valence-electron chi connectivity index (χ4n) is 1.71. The van der Waals surface area contributed by atoms with Crippen LogP contribution in [0.2, 0.25) is 0 Å². The largest absolute Gasteiger partial charge is 0.346 e. The summed E-state index contributed by atoms with van der Waals surface area (Å²) in [5, 5.41) is 1.33. The monoisotopic (exact) mass is 193 g/mol. The summed E-state index contributed by atoms with van der Waals surface area (Å²) in [5.74, 6) is 0.665. The molecule has 1 aromatic carbocycles. The van der Waals surface area contributed by atoms with E-state index in [9.17, 15) is 0 Å². The Hall–Kier alpha value is -0.950. The van der Waals surface area contributed by atoms with E-state index in [1.54, 1.807) is 0 Å². The van der Waals surface area contributed by atoms with E-state index >= 15 is 0 Å². The first-order valence-corrected chi connectivity index (χ1v) is 4.97. The molecule has 2 heteroatoms. The highest BCUT2D eigenvalue weighted by atomic mass is 35.5. The van der Waals surface area contributed by atoms with Crippen molar-refractivity contribution in [1.82, 2.24) is 4.57 Å². The van der Waals surface area contributed by atoms with Gasteiger partial charge in [0.2, 0.25) is 0 Å². The van der Waals surface area contributed by atoms with E-state index in [-0.39, 0.29) is 0 Å². The summed E-state index contributed by atoms with van der Waals surface area (Å²) in [6.45, 7) is 3.02. The number of alkyl halides is 1. The predicted molar refractivity (Wildman–Crippen MR) is 57.4 cm³/mol. The number of hydrogen-bond acceptors (Lipinski definition) is 0. The number of fused-ring (bicyclic) bond motifs is 1. The molecule has 1 nitrogen and oxygen atoms in total. The van der Waals surface area contributed by atoms with Gasteiger partial charge in [-0.15, -0.1) is 11.6 Å². The average molecular weight is 194 g/mol. The molecule has 0 aliphatic rings. The lowest BCUT2D eigenvalue weighted by Crippen LogP contribution is -1.95. The molecule has 68 valence electrons. The van der Waals surface area contributed by atoms with Gasteiger partial charge in [-0.25, -0.2) is 0 Å². The van der Waals surface area contributed by atoms with E-state index in [0.29, 0.717) is 5.88 Å². The van der Waals surface area contributed by atoms with Crippen molar-refractivity contribution in [3.63, 3.8) is 0 Å². The van der Waals surface area contributed by atoms with Crippen LogP contribution in [0.15, 0.2) is 30.5 Å². The van der Waals surface area contributed by atoms with Gasteiger partial charge in [-0.2, -0.15) is 0 Å². The maximum absolute atomic E-state index is 5.72. The van der Waals surface area contributed by atoms with E-state index in [1.807, 2.05) is 0 Å².